The van der Waals surface area contributed by atoms with Gasteiger partial charge in [0.2, 0.25) is 15.9 Å². The molecule has 154 valence electrons. The van der Waals surface area contributed by atoms with Gasteiger partial charge in [0.1, 0.15) is 0 Å². The van der Waals surface area contributed by atoms with Crippen LogP contribution in [0.25, 0.3) is 0 Å². The standard InChI is InChI=1S/C18H19N3O6S2/c22-18-11-13-10-15(4-5-17(13)19-18)28(23,24)20-14-2-1-3-16(12-14)29(25,26)21-6-8-27-9-7-21/h1-5,10,12,20H,6-9,11H2,(H,19,22). The van der Waals surface area contributed by atoms with Crippen molar-refractivity contribution in [1.29, 1.82) is 0 Å². The highest BCUT2D eigenvalue weighted by atomic mass is 32.2. The second-order valence-electron chi connectivity index (χ2n) is 6.69. The van der Waals surface area contributed by atoms with Crippen molar-refractivity contribution in [3.8, 4) is 0 Å². The van der Waals surface area contributed by atoms with Crippen molar-refractivity contribution in [3.05, 3.63) is 48.0 Å². The van der Waals surface area contributed by atoms with Crippen LogP contribution in [-0.2, 0) is 36.0 Å². The Morgan fingerprint density at radius 1 is 0.966 bits per heavy atom. The molecule has 0 bridgehead atoms. The van der Waals surface area contributed by atoms with Crippen LogP contribution in [0.2, 0.25) is 0 Å². The minimum absolute atomic E-state index is 0.00310. The van der Waals surface area contributed by atoms with Crippen molar-refractivity contribution in [2.24, 2.45) is 0 Å². The average molecular weight is 437 g/mol. The molecule has 0 atom stereocenters. The van der Waals surface area contributed by atoms with Crippen LogP contribution < -0.4 is 10.0 Å². The number of morpholine rings is 1. The summed E-state index contributed by atoms with van der Waals surface area (Å²) in [5, 5.41) is 2.65. The number of amides is 1. The Bertz CT molecular complexity index is 1170. The van der Waals surface area contributed by atoms with Gasteiger partial charge in [0.15, 0.2) is 0 Å². The number of hydrogen-bond donors (Lipinski definition) is 2. The predicted octanol–water partition coefficient (Wildman–Crippen LogP) is 1.00. The maximum Gasteiger partial charge on any atom is 0.261 e. The number of hydrogen-bond acceptors (Lipinski definition) is 6. The summed E-state index contributed by atoms with van der Waals surface area (Å²) in [7, 11) is -7.70. The van der Waals surface area contributed by atoms with Crippen LogP contribution in [0, 0.1) is 0 Å². The molecular formula is C18H19N3O6S2. The lowest BCUT2D eigenvalue weighted by Gasteiger charge is -2.26. The minimum Gasteiger partial charge on any atom is -0.379 e. The van der Waals surface area contributed by atoms with Gasteiger partial charge in [-0.3, -0.25) is 9.52 Å². The fraction of sp³-hybridized carbons (Fsp3) is 0.278. The molecule has 0 aliphatic carbocycles. The number of carbonyl (C=O) groups excluding carboxylic acids is 1. The first-order valence-corrected chi connectivity index (χ1v) is 11.8. The van der Waals surface area contributed by atoms with Crippen LogP contribution in [0.4, 0.5) is 11.4 Å². The summed E-state index contributed by atoms with van der Waals surface area (Å²) in [6.45, 7) is 1.14. The number of benzene rings is 2. The monoisotopic (exact) mass is 437 g/mol. The highest BCUT2D eigenvalue weighted by Crippen LogP contribution is 2.27. The van der Waals surface area contributed by atoms with Crippen LogP contribution in [0.3, 0.4) is 0 Å². The van der Waals surface area contributed by atoms with Crippen LogP contribution in [0.5, 0.6) is 0 Å². The molecule has 2 aliphatic rings. The Labute approximate surface area is 168 Å². The summed E-state index contributed by atoms with van der Waals surface area (Å²) in [6.07, 6.45) is 0.117. The number of rotatable bonds is 5. The van der Waals surface area contributed by atoms with Gasteiger partial charge in [-0.2, -0.15) is 4.31 Å². The second kappa shape index (κ2) is 7.41. The molecule has 11 heteroatoms. The molecule has 1 saturated heterocycles. The van der Waals surface area contributed by atoms with Gasteiger partial charge in [0.25, 0.3) is 10.0 Å². The van der Waals surface area contributed by atoms with E-state index >= 15 is 0 Å². The molecule has 4 rings (SSSR count). The fourth-order valence-electron chi connectivity index (χ4n) is 3.24. The first-order valence-electron chi connectivity index (χ1n) is 8.89. The largest absolute Gasteiger partial charge is 0.379 e. The Hall–Kier alpha value is -2.47. The second-order valence-corrected chi connectivity index (χ2v) is 10.3. The highest BCUT2D eigenvalue weighted by molar-refractivity contribution is 7.92. The average Bonchev–Trinajstić information content (AvgIpc) is 3.08. The van der Waals surface area contributed by atoms with E-state index in [0.717, 1.165) is 0 Å². The molecule has 2 N–H and O–H groups in total. The molecule has 0 unspecified atom stereocenters. The number of nitrogens with one attached hydrogen (secondary N) is 2. The number of anilines is 2. The van der Waals surface area contributed by atoms with E-state index in [0.29, 0.717) is 24.5 Å². The molecule has 1 fully saturated rings. The van der Waals surface area contributed by atoms with Gasteiger partial charge in [-0.25, -0.2) is 16.8 Å². The molecule has 29 heavy (non-hydrogen) atoms. The summed E-state index contributed by atoms with van der Waals surface area (Å²) in [4.78, 5) is 11.5. The van der Waals surface area contributed by atoms with Crippen molar-refractivity contribution in [2.45, 2.75) is 16.2 Å². The Balaban J connectivity index is 1.59. The lowest BCUT2D eigenvalue weighted by atomic mass is 10.2. The molecule has 9 nitrogen and oxygen atoms in total. The summed E-state index contributed by atoms with van der Waals surface area (Å²) in [6, 6.07) is 10.0. The van der Waals surface area contributed by atoms with Crippen molar-refractivity contribution < 1.29 is 26.4 Å². The Kier molecular flexibility index (Phi) is 5.07. The van der Waals surface area contributed by atoms with Crippen LogP contribution in [0.15, 0.2) is 52.3 Å². The molecular weight excluding hydrogens is 418 g/mol. The zero-order valence-corrected chi connectivity index (χ0v) is 16.9. The Morgan fingerprint density at radius 3 is 2.48 bits per heavy atom. The fourth-order valence-corrected chi connectivity index (χ4v) is 5.80. The molecule has 2 aromatic rings. The molecule has 0 saturated carbocycles. The topological polar surface area (TPSA) is 122 Å². The van der Waals surface area contributed by atoms with E-state index < -0.39 is 20.0 Å². The quantitative estimate of drug-likeness (QED) is 0.720. The minimum atomic E-state index is -3.96. The maximum atomic E-state index is 12.8. The van der Waals surface area contributed by atoms with Gasteiger partial charge < -0.3 is 10.1 Å². The van der Waals surface area contributed by atoms with Gasteiger partial charge >= 0.3 is 0 Å². The van der Waals surface area contributed by atoms with Gasteiger partial charge in [0.05, 0.1) is 35.1 Å². The molecule has 2 aliphatic heterocycles. The molecule has 0 radical (unpaired) electrons. The Morgan fingerprint density at radius 2 is 1.72 bits per heavy atom. The van der Waals surface area contributed by atoms with Gasteiger partial charge in [-0.05, 0) is 42.0 Å². The molecule has 2 aromatic carbocycles. The van der Waals surface area contributed by atoms with Crippen LogP contribution in [0.1, 0.15) is 5.56 Å². The number of sulfonamides is 2. The summed E-state index contributed by atoms with van der Waals surface area (Å²) in [5.74, 6) is -0.191. The SMILES string of the molecule is O=C1Cc2cc(S(=O)(=O)Nc3cccc(S(=O)(=O)N4CCOCC4)c3)ccc2N1. The van der Waals surface area contributed by atoms with Crippen molar-refractivity contribution in [1.82, 2.24) is 4.31 Å². The summed E-state index contributed by atoms with van der Waals surface area (Å²) in [5.41, 5.74) is 1.32. The summed E-state index contributed by atoms with van der Waals surface area (Å²) < 4.78 is 60.0. The first kappa shape index (κ1) is 19.8. The lowest BCUT2D eigenvalue weighted by molar-refractivity contribution is -0.115. The number of nitrogens with zero attached hydrogens (tertiary/aromatic N) is 1. The number of carbonyl (C=O) groups is 1. The first-order chi connectivity index (χ1) is 13.8. The van der Waals surface area contributed by atoms with E-state index in [-0.39, 0.29) is 40.9 Å². The van der Waals surface area contributed by atoms with Crippen molar-refractivity contribution in [3.63, 3.8) is 0 Å². The molecule has 0 aromatic heterocycles. The maximum absolute atomic E-state index is 12.8. The van der Waals surface area contributed by atoms with E-state index in [1.807, 2.05) is 0 Å². The third kappa shape index (κ3) is 3.99. The van der Waals surface area contributed by atoms with Gasteiger partial charge in [-0.15, -0.1) is 0 Å². The molecule has 0 spiro atoms. The zero-order valence-electron chi connectivity index (χ0n) is 15.3. The predicted molar refractivity (Wildman–Crippen MR) is 106 cm³/mol. The van der Waals surface area contributed by atoms with E-state index in [1.165, 1.54) is 46.8 Å². The zero-order chi connectivity index (χ0) is 20.6. The van der Waals surface area contributed by atoms with E-state index in [4.69, 9.17) is 4.74 Å². The third-order valence-corrected chi connectivity index (χ3v) is 7.98. The highest BCUT2D eigenvalue weighted by Gasteiger charge is 2.27. The number of ether oxygens (including phenoxy) is 1. The normalized spacial score (nSPS) is 17.6. The van der Waals surface area contributed by atoms with Crippen molar-refractivity contribution in [2.75, 3.05) is 36.3 Å². The third-order valence-electron chi connectivity index (χ3n) is 4.71. The smallest absolute Gasteiger partial charge is 0.261 e. The van der Waals surface area contributed by atoms with Gasteiger partial charge in [0, 0.05) is 18.8 Å². The molecule has 2 heterocycles. The van der Waals surface area contributed by atoms with E-state index in [9.17, 15) is 21.6 Å². The van der Waals surface area contributed by atoms with Gasteiger partial charge in [-0.1, -0.05) is 6.07 Å². The molecule has 1 amide bonds. The van der Waals surface area contributed by atoms with E-state index in [2.05, 4.69) is 10.0 Å². The lowest BCUT2D eigenvalue weighted by Crippen LogP contribution is -2.40. The summed E-state index contributed by atoms with van der Waals surface area (Å²) >= 11 is 0. The van der Waals surface area contributed by atoms with E-state index in [1.54, 1.807) is 0 Å². The van der Waals surface area contributed by atoms with Crippen LogP contribution >= 0.6 is 0 Å². The van der Waals surface area contributed by atoms with Crippen molar-refractivity contribution >= 4 is 37.3 Å². The van der Waals surface area contributed by atoms with Crippen LogP contribution in [-0.4, -0.2) is 53.4 Å². The number of fused-ring (bicyclic) bond motifs is 1.